The van der Waals surface area contributed by atoms with Crippen molar-refractivity contribution >= 4 is 11.8 Å². The highest BCUT2D eigenvalue weighted by atomic mass is 16.2. The van der Waals surface area contributed by atoms with Crippen LogP contribution < -0.4 is 5.73 Å². The van der Waals surface area contributed by atoms with E-state index in [1.54, 1.807) is 0 Å². The molecule has 2 aliphatic rings. The molecule has 0 bridgehead atoms. The number of amides is 2. The van der Waals surface area contributed by atoms with E-state index >= 15 is 0 Å². The third-order valence-corrected chi connectivity index (χ3v) is 5.26. The van der Waals surface area contributed by atoms with Crippen LogP contribution in [0.1, 0.15) is 47.5 Å². The largest absolute Gasteiger partial charge is 0.369 e. The van der Waals surface area contributed by atoms with Crippen molar-refractivity contribution in [1.29, 1.82) is 0 Å². The Labute approximate surface area is 127 Å². The second-order valence-corrected chi connectivity index (χ2v) is 7.59. The van der Waals surface area contributed by atoms with Crippen LogP contribution in [0.3, 0.4) is 0 Å². The zero-order chi connectivity index (χ0) is 15.9. The summed E-state index contributed by atoms with van der Waals surface area (Å²) in [6.45, 7) is 11.0. The molecule has 2 amide bonds. The van der Waals surface area contributed by atoms with Crippen molar-refractivity contribution in [3.8, 4) is 0 Å². The van der Waals surface area contributed by atoms with Crippen LogP contribution in [0.2, 0.25) is 0 Å². The normalized spacial score (nSPS) is 34.2. The lowest BCUT2D eigenvalue weighted by Crippen LogP contribution is -2.49. The summed E-state index contributed by atoms with van der Waals surface area (Å²) < 4.78 is 0. The highest BCUT2D eigenvalue weighted by molar-refractivity contribution is 5.85. The first kappa shape index (κ1) is 16.1. The maximum absolute atomic E-state index is 12.9. The fourth-order valence-electron chi connectivity index (χ4n) is 3.64. The van der Waals surface area contributed by atoms with Gasteiger partial charge in [-0.3, -0.25) is 9.59 Å². The Morgan fingerprint density at radius 2 is 1.86 bits per heavy atom. The van der Waals surface area contributed by atoms with Crippen LogP contribution in [0.5, 0.6) is 0 Å². The summed E-state index contributed by atoms with van der Waals surface area (Å²) in [5, 5.41) is 0. The molecule has 1 heterocycles. The van der Waals surface area contributed by atoms with E-state index < -0.39 is 0 Å². The molecule has 2 rings (SSSR count). The molecule has 4 atom stereocenters. The Bertz CT molecular complexity index is 477. The smallest absolute Gasteiger partial charge is 0.227 e. The van der Waals surface area contributed by atoms with Gasteiger partial charge >= 0.3 is 0 Å². The third kappa shape index (κ3) is 2.99. The van der Waals surface area contributed by atoms with E-state index in [9.17, 15) is 9.59 Å². The summed E-state index contributed by atoms with van der Waals surface area (Å²) in [4.78, 5) is 26.2. The van der Waals surface area contributed by atoms with E-state index in [0.29, 0.717) is 12.5 Å². The zero-order valence-electron chi connectivity index (χ0n) is 13.8. The number of carbonyl (C=O) groups is 2. The van der Waals surface area contributed by atoms with Gasteiger partial charge in [0.15, 0.2) is 0 Å². The number of piperidine rings is 1. The zero-order valence-corrected chi connectivity index (χ0v) is 13.8. The van der Waals surface area contributed by atoms with Crippen molar-refractivity contribution in [2.24, 2.45) is 28.9 Å². The fraction of sp³-hybridized carbons (Fsp3) is 0.765. The number of primary amides is 1. The molecule has 0 aromatic carbocycles. The van der Waals surface area contributed by atoms with Gasteiger partial charge in [0.1, 0.15) is 0 Å². The summed E-state index contributed by atoms with van der Waals surface area (Å²) in [7, 11) is 0. The molecule has 1 saturated heterocycles. The molecule has 1 aliphatic carbocycles. The number of carbonyl (C=O) groups excluding carboxylic acids is 2. The molecule has 2 fully saturated rings. The van der Waals surface area contributed by atoms with Crippen LogP contribution in [-0.4, -0.2) is 29.3 Å². The molecular formula is C17H28N2O2. The van der Waals surface area contributed by atoms with Crippen LogP contribution in [0.15, 0.2) is 11.6 Å². The minimum absolute atomic E-state index is 0.0216. The number of allylic oxidation sites excluding steroid dienone is 2. The van der Waals surface area contributed by atoms with Gasteiger partial charge in [0.2, 0.25) is 11.8 Å². The molecule has 1 saturated carbocycles. The Morgan fingerprint density at radius 3 is 2.38 bits per heavy atom. The molecule has 0 aromatic rings. The van der Waals surface area contributed by atoms with Crippen molar-refractivity contribution in [3.63, 3.8) is 0 Å². The van der Waals surface area contributed by atoms with Gasteiger partial charge in [-0.15, -0.1) is 0 Å². The molecule has 118 valence electrons. The van der Waals surface area contributed by atoms with Gasteiger partial charge in [0.25, 0.3) is 0 Å². The highest BCUT2D eigenvalue weighted by Crippen LogP contribution is 2.60. The predicted octanol–water partition coefficient (Wildman–Crippen LogP) is 2.34. The summed E-state index contributed by atoms with van der Waals surface area (Å²) in [5.41, 5.74) is 6.70. The summed E-state index contributed by atoms with van der Waals surface area (Å²) in [5.74, 6) is 0.0862. The molecule has 0 radical (unpaired) electrons. The predicted molar refractivity (Wildman–Crippen MR) is 83.3 cm³/mol. The van der Waals surface area contributed by atoms with Gasteiger partial charge in [-0.05, 0) is 44.9 Å². The Morgan fingerprint density at radius 1 is 1.24 bits per heavy atom. The van der Waals surface area contributed by atoms with E-state index in [1.165, 1.54) is 5.57 Å². The topological polar surface area (TPSA) is 63.4 Å². The summed E-state index contributed by atoms with van der Waals surface area (Å²) >= 11 is 0. The molecule has 4 nitrogen and oxygen atoms in total. The highest BCUT2D eigenvalue weighted by Gasteiger charge is 2.61. The standard InChI is InChI=1S/C17H28N2O2/c1-10(2)8-13-14(17(13,4)5)16(21)19-9-12(15(18)20)7-6-11(19)3/h8,11-14H,6-7,9H2,1-5H3,(H2,18,20)/t11-,12+,13+,14+/m0/s1. The molecule has 0 unspecified atom stereocenters. The van der Waals surface area contributed by atoms with Crippen LogP contribution in [0.25, 0.3) is 0 Å². The van der Waals surface area contributed by atoms with Crippen LogP contribution >= 0.6 is 0 Å². The SMILES string of the molecule is CC(C)=C[C@@H]1[C@H](C(=O)N2C[C@H](C(N)=O)CC[C@@H]2C)C1(C)C. The van der Waals surface area contributed by atoms with Crippen molar-refractivity contribution in [2.75, 3.05) is 6.54 Å². The van der Waals surface area contributed by atoms with Crippen molar-refractivity contribution < 1.29 is 9.59 Å². The van der Waals surface area contributed by atoms with E-state index in [1.807, 2.05) is 4.90 Å². The summed E-state index contributed by atoms with van der Waals surface area (Å²) in [6, 6.07) is 0.205. The molecule has 21 heavy (non-hydrogen) atoms. The van der Waals surface area contributed by atoms with E-state index in [2.05, 4.69) is 40.7 Å². The fourth-order valence-corrected chi connectivity index (χ4v) is 3.64. The van der Waals surface area contributed by atoms with Crippen LogP contribution in [0.4, 0.5) is 0 Å². The molecule has 4 heteroatoms. The second kappa shape index (κ2) is 5.47. The van der Waals surface area contributed by atoms with Crippen molar-refractivity contribution in [1.82, 2.24) is 4.90 Å². The van der Waals surface area contributed by atoms with Crippen LogP contribution in [0, 0.1) is 23.2 Å². The number of nitrogens with two attached hydrogens (primary N) is 1. The Balaban J connectivity index is 2.12. The average Bonchev–Trinajstić information content (AvgIpc) is 2.89. The van der Waals surface area contributed by atoms with Gasteiger partial charge < -0.3 is 10.6 Å². The lowest BCUT2D eigenvalue weighted by molar-refractivity contribution is -0.139. The average molecular weight is 292 g/mol. The minimum Gasteiger partial charge on any atom is -0.369 e. The number of hydrogen-bond acceptors (Lipinski definition) is 2. The molecular weight excluding hydrogens is 264 g/mol. The van der Waals surface area contributed by atoms with E-state index in [4.69, 9.17) is 5.73 Å². The number of hydrogen-bond donors (Lipinski definition) is 1. The first-order valence-electron chi connectivity index (χ1n) is 7.91. The third-order valence-electron chi connectivity index (χ3n) is 5.26. The molecule has 0 spiro atoms. The lowest BCUT2D eigenvalue weighted by atomic mass is 9.92. The lowest BCUT2D eigenvalue weighted by Gasteiger charge is -2.37. The van der Waals surface area contributed by atoms with Gasteiger partial charge in [-0.2, -0.15) is 0 Å². The number of likely N-dealkylation sites (tertiary alicyclic amines) is 1. The number of nitrogens with zero attached hydrogens (tertiary/aromatic N) is 1. The Kier molecular flexibility index (Phi) is 4.18. The Hall–Kier alpha value is -1.32. The molecule has 1 aliphatic heterocycles. The quantitative estimate of drug-likeness (QED) is 0.811. The van der Waals surface area contributed by atoms with Gasteiger partial charge in [-0.25, -0.2) is 0 Å². The molecule has 0 aromatic heterocycles. The van der Waals surface area contributed by atoms with Gasteiger partial charge in [0.05, 0.1) is 11.8 Å². The molecule has 2 N–H and O–H groups in total. The first-order chi connectivity index (χ1) is 9.66. The maximum atomic E-state index is 12.9. The first-order valence-corrected chi connectivity index (χ1v) is 7.91. The van der Waals surface area contributed by atoms with Gasteiger partial charge in [0, 0.05) is 12.6 Å². The van der Waals surface area contributed by atoms with Crippen LogP contribution in [-0.2, 0) is 9.59 Å². The summed E-state index contributed by atoms with van der Waals surface area (Å²) in [6.07, 6.45) is 3.87. The van der Waals surface area contributed by atoms with Gasteiger partial charge in [-0.1, -0.05) is 25.5 Å². The van der Waals surface area contributed by atoms with E-state index in [-0.39, 0.29) is 35.1 Å². The maximum Gasteiger partial charge on any atom is 0.227 e. The van der Waals surface area contributed by atoms with Crippen molar-refractivity contribution in [2.45, 2.75) is 53.5 Å². The van der Waals surface area contributed by atoms with Crippen molar-refractivity contribution in [3.05, 3.63) is 11.6 Å². The number of rotatable bonds is 3. The monoisotopic (exact) mass is 292 g/mol. The minimum atomic E-state index is -0.282. The van der Waals surface area contributed by atoms with E-state index in [0.717, 1.165) is 12.8 Å². The second-order valence-electron chi connectivity index (χ2n) is 7.59.